The number of carbonyl (C=O) groups excluding carboxylic acids is 3. The maximum absolute atomic E-state index is 12.0. The van der Waals surface area contributed by atoms with Crippen molar-refractivity contribution in [1.29, 1.82) is 0 Å². The average molecular weight is 409 g/mol. The van der Waals surface area contributed by atoms with Crippen molar-refractivity contribution >= 4 is 35.0 Å². The second kappa shape index (κ2) is 7.87. The number of esters is 3. The summed E-state index contributed by atoms with van der Waals surface area (Å²) < 4.78 is 22.8. The van der Waals surface area contributed by atoms with Crippen LogP contribution in [0.2, 0.25) is 0 Å². The van der Waals surface area contributed by atoms with Gasteiger partial charge in [0, 0.05) is 20.8 Å². The molecule has 2 aromatic heterocycles. The monoisotopic (exact) mass is 409 g/mol. The van der Waals surface area contributed by atoms with E-state index < -0.39 is 48.0 Å². The maximum Gasteiger partial charge on any atom is 0.303 e. The Labute approximate surface area is 163 Å². The molecular weight excluding hydrogens is 390 g/mol. The van der Waals surface area contributed by atoms with Crippen LogP contribution in [-0.4, -0.2) is 62.3 Å². The Bertz CT molecular complexity index is 1010. The summed E-state index contributed by atoms with van der Waals surface area (Å²) in [6.07, 6.45) is -2.99. The summed E-state index contributed by atoms with van der Waals surface area (Å²) in [7, 11) is 0. The number of aromatic nitrogens is 4. The first-order valence-electron chi connectivity index (χ1n) is 8.53. The summed E-state index contributed by atoms with van der Waals surface area (Å²) in [5.41, 5.74) is 5.09. The number of imidazole rings is 1. The maximum atomic E-state index is 12.0. The number of aromatic amines is 1. The summed E-state index contributed by atoms with van der Waals surface area (Å²) in [4.78, 5) is 56.9. The van der Waals surface area contributed by atoms with Crippen LogP contribution in [-0.2, 0) is 33.3 Å². The van der Waals surface area contributed by atoms with E-state index in [1.54, 1.807) is 0 Å². The summed E-state index contributed by atoms with van der Waals surface area (Å²) in [5, 5.41) is 0. The Balaban J connectivity index is 2.05. The Hall–Kier alpha value is -3.48. The van der Waals surface area contributed by atoms with Crippen molar-refractivity contribution in [1.82, 2.24) is 19.5 Å². The standard InChI is InChI=1S/C16H19N5O8/c1-6(22)26-4-9-11(27-7(2)23)12(28-8(3)24)15(29-9)21-5-18-10-13(21)19-16(17)20-14(10)25/h5,9,11-12,15H,4H2,1-3H3,(H3,17,19,20,25)/t9-,11-,12+,15-/m0/s1. The Kier molecular flexibility index (Phi) is 5.50. The van der Waals surface area contributed by atoms with E-state index in [4.69, 9.17) is 24.7 Å². The van der Waals surface area contributed by atoms with Gasteiger partial charge in [-0.3, -0.25) is 28.7 Å². The number of nitrogens with one attached hydrogen (secondary N) is 1. The van der Waals surface area contributed by atoms with Crippen molar-refractivity contribution in [3.8, 4) is 0 Å². The molecule has 2 aromatic rings. The molecule has 13 nitrogen and oxygen atoms in total. The van der Waals surface area contributed by atoms with Gasteiger partial charge in [-0.05, 0) is 0 Å². The van der Waals surface area contributed by atoms with Crippen LogP contribution in [0, 0.1) is 0 Å². The molecule has 0 amide bonds. The van der Waals surface area contributed by atoms with Gasteiger partial charge in [-0.15, -0.1) is 0 Å². The lowest BCUT2D eigenvalue weighted by Gasteiger charge is -2.23. The van der Waals surface area contributed by atoms with Gasteiger partial charge in [-0.1, -0.05) is 0 Å². The van der Waals surface area contributed by atoms with E-state index in [-0.39, 0.29) is 23.7 Å². The zero-order valence-corrected chi connectivity index (χ0v) is 15.8. The molecule has 3 N–H and O–H groups in total. The van der Waals surface area contributed by atoms with E-state index in [0.29, 0.717) is 0 Å². The van der Waals surface area contributed by atoms with E-state index in [9.17, 15) is 19.2 Å². The van der Waals surface area contributed by atoms with Crippen LogP contribution in [0.25, 0.3) is 11.2 Å². The molecule has 1 saturated heterocycles. The highest BCUT2D eigenvalue weighted by atomic mass is 16.7. The Morgan fingerprint density at radius 3 is 2.45 bits per heavy atom. The van der Waals surface area contributed by atoms with Gasteiger partial charge in [0.05, 0.1) is 6.33 Å². The molecule has 0 saturated carbocycles. The average Bonchev–Trinajstić information content (AvgIpc) is 3.15. The first kappa shape index (κ1) is 20.3. The minimum atomic E-state index is -1.13. The zero-order chi connectivity index (χ0) is 21.3. The number of carbonyl (C=O) groups is 3. The molecule has 0 bridgehead atoms. The van der Waals surface area contributed by atoms with E-state index in [1.807, 2.05) is 0 Å². The first-order valence-corrected chi connectivity index (χ1v) is 8.53. The predicted molar refractivity (Wildman–Crippen MR) is 94.2 cm³/mol. The Morgan fingerprint density at radius 2 is 1.83 bits per heavy atom. The fraction of sp³-hybridized carbons (Fsp3) is 0.500. The molecule has 13 heteroatoms. The molecule has 0 aromatic carbocycles. The molecule has 0 spiro atoms. The first-order chi connectivity index (χ1) is 13.7. The second-order valence-corrected chi connectivity index (χ2v) is 6.29. The lowest BCUT2D eigenvalue weighted by Crippen LogP contribution is -2.40. The largest absolute Gasteiger partial charge is 0.463 e. The van der Waals surface area contributed by atoms with Crippen molar-refractivity contribution in [3.63, 3.8) is 0 Å². The predicted octanol–water partition coefficient (Wildman–Crippen LogP) is -0.974. The number of hydrogen-bond donors (Lipinski definition) is 2. The zero-order valence-electron chi connectivity index (χ0n) is 15.8. The van der Waals surface area contributed by atoms with Gasteiger partial charge in [-0.2, -0.15) is 4.98 Å². The Morgan fingerprint density at radius 1 is 1.17 bits per heavy atom. The number of rotatable bonds is 5. The third kappa shape index (κ3) is 4.18. The molecule has 1 aliphatic rings. The van der Waals surface area contributed by atoms with Crippen LogP contribution in [0.15, 0.2) is 11.1 Å². The lowest BCUT2D eigenvalue weighted by molar-refractivity contribution is -0.166. The van der Waals surface area contributed by atoms with Crippen LogP contribution in [0.4, 0.5) is 5.95 Å². The molecule has 3 rings (SSSR count). The van der Waals surface area contributed by atoms with Crippen LogP contribution >= 0.6 is 0 Å². The number of nitrogen functional groups attached to an aromatic ring is 1. The van der Waals surface area contributed by atoms with Gasteiger partial charge in [0.2, 0.25) is 5.95 Å². The molecule has 0 unspecified atom stereocenters. The third-order valence-corrected chi connectivity index (χ3v) is 4.07. The molecule has 0 radical (unpaired) electrons. The number of ether oxygens (including phenoxy) is 4. The topological polar surface area (TPSA) is 178 Å². The summed E-state index contributed by atoms with van der Waals surface area (Å²) in [6, 6.07) is 0. The number of hydrogen-bond acceptors (Lipinski definition) is 11. The molecule has 3 heterocycles. The van der Waals surface area contributed by atoms with Crippen LogP contribution < -0.4 is 11.3 Å². The SMILES string of the molecule is CC(=O)OC[C@@H]1O[C@H](n2cnc3c(=O)[nH]c(N)nc32)[C@H](OC(C)=O)[C@H]1OC(C)=O. The number of nitrogens with two attached hydrogens (primary N) is 1. The van der Waals surface area contributed by atoms with Gasteiger partial charge in [0.25, 0.3) is 5.56 Å². The quantitative estimate of drug-likeness (QED) is 0.458. The smallest absolute Gasteiger partial charge is 0.303 e. The number of anilines is 1. The molecule has 0 aliphatic carbocycles. The molecule has 29 heavy (non-hydrogen) atoms. The van der Waals surface area contributed by atoms with Gasteiger partial charge in [0.1, 0.15) is 12.7 Å². The highest BCUT2D eigenvalue weighted by Gasteiger charge is 2.51. The lowest BCUT2D eigenvalue weighted by atomic mass is 10.1. The highest BCUT2D eigenvalue weighted by Crippen LogP contribution is 2.35. The number of fused-ring (bicyclic) bond motifs is 1. The third-order valence-electron chi connectivity index (χ3n) is 4.07. The second-order valence-electron chi connectivity index (χ2n) is 6.29. The minimum absolute atomic E-state index is 0.0168. The molecule has 4 atom stereocenters. The van der Waals surface area contributed by atoms with E-state index in [1.165, 1.54) is 31.7 Å². The van der Waals surface area contributed by atoms with Crippen LogP contribution in [0.1, 0.15) is 27.0 Å². The van der Waals surface area contributed by atoms with Crippen molar-refractivity contribution in [2.45, 2.75) is 45.3 Å². The fourth-order valence-electron chi connectivity index (χ4n) is 3.05. The molecule has 156 valence electrons. The summed E-state index contributed by atoms with van der Waals surface area (Å²) >= 11 is 0. The van der Waals surface area contributed by atoms with Gasteiger partial charge >= 0.3 is 17.9 Å². The van der Waals surface area contributed by atoms with E-state index in [0.717, 1.165) is 0 Å². The van der Waals surface area contributed by atoms with Crippen LogP contribution in [0.3, 0.4) is 0 Å². The van der Waals surface area contributed by atoms with E-state index >= 15 is 0 Å². The summed E-state index contributed by atoms with van der Waals surface area (Å²) in [6.45, 7) is 3.30. The number of nitrogens with zero attached hydrogens (tertiary/aromatic N) is 3. The molecule has 1 fully saturated rings. The van der Waals surface area contributed by atoms with Gasteiger partial charge < -0.3 is 24.7 Å². The number of H-pyrrole nitrogens is 1. The van der Waals surface area contributed by atoms with Gasteiger partial charge in [0.15, 0.2) is 29.6 Å². The van der Waals surface area contributed by atoms with Crippen molar-refractivity contribution in [2.24, 2.45) is 0 Å². The fourth-order valence-corrected chi connectivity index (χ4v) is 3.05. The van der Waals surface area contributed by atoms with E-state index in [2.05, 4.69) is 15.0 Å². The van der Waals surface area contributed by atoms with Crippen molar-refractivity contribution in [3.05, 3.63) is 16.7 Å². The minimum Gasteiger partial charge on any atom is -0.463 e. The van der Waals surface area contributed by atoms with Crippen molar-refractivity contribution in [2.75, 3.05) is 12.3 Å². The normalized spacial score (nSPS) is 23.7. The van der Waals surface area contributed by atoms with Crippen LogP contribution in [0.5, 0.6) is 0 Å². The molecular formula is C16H19N5O8. The highest BCUT2D eigenvalue weighted by molar-refractivity contribution is 5.71. The summed E-state index contributed by atoms with van der Waals surface area (Å²) in [5.74, 6) is -2.04. The molecule has 1 aliphatic heterocycles. The van der Waals surface area contributed by atoms with Gasteiger partial charge in [-0.25, -0.2) is 4.98 Å². The van der Waals surface area contributed by atoms with Crippen molar-refractivity contribution < 1.29 is 33.3 Å².